The quantitative estimate of drug-likeness (QED) is 0.712. The molecule has 0 amide bonds. The lowest BCUT2D eigenvalue weighted by molar-refractivity contribution is -0.186. The molecule has 1 unspecified atom stereocenters. The fourth-order valence-corrected chi connectivity index (χ4v) is 4.09. The van der Waals surface area contributed by atoms with Crippen LogP contribution in [0.2, 0.25) is 0 Å². The molecule has 31 heavy (non-hydrogen) atoms. The van der Waals surface area contributed by atoms with Crippen LogP contribution < -0.4 is 9.47 Å². The number of aryl methyl sites for hydroxylation is 2. The average Bonchev–Trinajstić information content (AvgIpc) is 3.35. The maximum Gasteiger partial charge on any atom is 0.345 e. The van der Waals surface area contributed by atoms with Crippen molar-refractivity contribution in [1.82, 2.24) is 0 Å². The number of carbonyl (C=O) groups excluding carboxylic acids is 1. The first kappa shape index (κ1) is 20.8. The summed E-state index contributed by atoms with van der Waals surface area (Å²) in [6, 6.07) is 10.7. The van der Waals surface area contributed by atoms with Gasteiger partial charge in [0.1, 0.15) is 23.3 Å². The van der Waals surface area contributed by atoms with Crippen LogP contribution in [0.1, 0.15) is 22.3 Å². The Labute approximate surface area is 180 Å². The summed E-state index contributed by atoms with van der Waals surface area (Å²) in [7, 11) is 3.19. The largest absolute Gasteiger partial charge is 0.497 e. The Morgan fingerprint density at radius 3 is 2.29 bits per heavy atom. The van der Waals surface area contributed by atoms with Gasteiger partial charge in [-0.1, -0.05) is 12.1 Å². The molecular weight excluding hydrogens is 400 g/mol. The third kappa shape index (κ3) is 3.61. The van der Waals surface area contributed by atoms with Crippen molar-refractivity contribution < 1.29 is 33.6 Å². The summed E-state index contributed by atoms with van der Waals surface area (Å²) in [6.07, 6.45) is 1.62. The first-order valence-electron chi connectivity index (χ1n) is 9.80. The van der Waals surface area contributed by atoms with E-state index in [4.69, 9.17) is 23.7 Å². The van der Waals surface area contributed by atoms with Gasteiger partial charge in [-0.3, -0.25) is 0 Å². The van der Waals surface area contributed by atoms with E-state index in [0.29, 0.717) is 16.9 Å². The Balaban J connectivity index is 1.83. The summed E-state index contributed by atoms with van der Waals surface area (Å²) in [5.41, 5.74) is 3.77. The molecule has 2 heterocycles. The van der Waals surface area contributed by atoms with Gasteiger partial charge in [0.05, 0.1) is 14.2 Å². The number of benzene rings is 2. The zero-order chi connectivity index (χ0) is 22.2. The second-order valence-corrected chi connectivity index (χ2v) is 7.47. The number of aliphatic hydroxyl groups is 1. The zero-order valence-electron chi connectivity index (χ0n) is 17.9. The topological polar surface area (TPSA) is 83.5 Å². The van der Waals surface area contributed by atoms with E-state index in [-0.39, 0.29) is 24.5 Å². The summed E-state index contributed by atoms with van der Waals surface area (Å²) in [4.78, 5) is 12.8. The van der Waals surface area contributed by atoms with Crippen molar-refractivity contribution >= 4 is 5.97 Å². The van der Waals surface area contributed by atoms with Crippen molar-refractivity contribution in [2.24, 2.45) is 0 Å². The molecule has 0 fully saturated rings. The Morgan fingerprint density at radius 1 is 1.06 bits per heavy atom. The number of methoxy groups -OCH3 is 2. The lowest BCUT2D eigenvalue weighted by Crippen LogP contribution is -2.29. The lowest BCUT2D eigenvalue weighted by Gasteiger charge is -2.26. The first-order valence-corrected chi connectivity index (χ1v) is 9.80. The number of hydrogen-bond donors (Lipinski definition) is 1. The molecule has 0 spiro atoms. The van der Waals surface area contributed by atoms with Crippen LogP contribution in [-0.4, -0.2) is 32.1 Å². The fourth-order valence-electron chi connectivity index (χ4n) is 4.09. The van der Waals surface area contributed by atoms with E-state index in [0.717, 1.165) is 22.4 Å². The Hall–Kier alpha value is -3.45. The number of ether oxygens (including phenoxy) is 5. The van der Waals surface area contributed by atoms with Crippen LogP contribution >= 0.6 is 0 Å². The number of hydrogen-bond acceptors (Lipinski definition) is 7. The SMILES string of the molecule is COc1ccc(C2(O)OC(=O)C(C3=COCO3)=C2Cc2cc(C)c(OC)c(C)c2)cc1. The molecule has 0 radical (unpaired) electrons. The van der Waals surface area contributed by atoms with E-state index in [9.17, 15) is 9.90 Å². The summed E-state index contributed by atoms with van der Waals surface area (Å²) in [5.74, 6) is -0.956. The molecule has 0 aliphatic carbocycles. The van der Waals surface area contributed by atoms with E-state index in [2.05, 4.69) is 0 Å². The molecule has 1 atom stereocenters. The number of carbonyl (C=O) groups is 1. The average molecular weight is 424 g/mol. The molecule has 1 N–H and O–H groups in total. The molecule has 0 bridgehead atoms. The van der Waals surface area contributed by atoms with Gasteiger partial charge in [0.2, 0.25) is 6.79 Å². The Bertz CT molecular complexity index is 1060. The minimum Gasteiger partial charge on any atom is -0.497 e. The highest BCUT2D eigenvalue weighted by atomic mass is 16.7. The van der Waals surface area contributed by atoms with Crippen molar-refractivity contribution in [3.63, 3.8) is 0 Å². The molecule has 4 rings (SSSR count). The Kier molecular flexibility index (Phi) is 5.37. The normalized spacial score (nSPS) is 20.2. The standard InChI is InChI=1S/C24H24O7/c1-14-9-16(10-15(2)22(14)28-4)11-19-21(20-12-29-13-30-20)23(25)31-24(19,26)17-5-7-18(27-3)8-6-17/h5-10,12,26H,11,13H2,1-4H3. The second-order valence-electron chi connectivity index (χ2n) is 7.47. The van der Waals surface area contributed by atoms with Crippen molar-refractivity contribution in [3.8, 4) is 11.5 Å². The molecule has 0 saturated heterocycles. The molecule has 7 nitrogen and oxygen atoms in total. The smallest absolute Gasteiger partial charge is 0.345 e. The first-order chi connectivity index (χ1) is 14.9. The van der Waals surface area contributed by atoms with Crippen molar-refractivity contribution in [2.45, 2.75) is 26.1 Å². The molecule has 7 heteroatoms. The molecule has 2 aliphatic heterocycles. The number of esters is 1. The van der Waals surface area contributed by atoms with Gasteiger partial charge < -0.3 is 28.8 Å². The lowest BCUT2D eigenvalue weighted by atomic mass is 9.88. The van der Waals surface area contributed by atoms with Crippen LogP contribution in [0.25, 0.3) is 0 Å². The van der Waals surface area contributed by atoms with Crippen molar-refractivity contribution in [1.29, 1.82) is 0 Å². The molecule has 2 aromatic carbocycles. The van der Waals surface area contributed by atoms with Gasteiger partial charge in [0.15, 0.2) is 5.76 Å². The monoisotopic (exact) mass is 424 g/mol. The van der Waals surface area contributed by atoms with E-state index in [1.54, 1.807) is 38.5 Å². The number of cyclic esters (lactones) is 1. The highest BCUT2D eigenvalue weighted by Crippen LogP contribution is 2.44. The number of rotatable bonds is 6. The van der Waals surface area contributed by atoms with Crippen LogP contribution in [0.15, 0.2) is 59.6 Å². The predicted octanol–water partition coefficient (Wildman–Crippen LogP) is 3.41. The van der Waals surface area contributed by atoms with Crippen molar-refractivity contribution in [3.05, 3.63) is 81.8 Å². The molecule has 0 aromatic heterocycles. The van der Waals surface area contributed by atoms with Gasteiger partial charge in [-0.25, -0.2) is 4.79 Å². The highest BCUT2D eigenvalue weighted by Gasteiger charge is 2.49. The van der Waals surface area contributed by atoms with Crippen LogP contribution in [0.5, 0.6) is 11.5 Å². The van der Waals surface area contributed by atoms with Crippen LogP contribution in [0, 0.1) is 13.8 Å². The predicted molar refractivity (Wildman–Crippen MR) is 111 cm³/mol. The summed E-state index contributed by atoms with van der Waals surface area (Å²) in [5, 5.41) is 11.6. The van der Waals surface area contributed by atoms with E-state index in [1.165, 1.54) is 6.26 Å². The molecule has 0 saturated carbocycles. The third-order valence-electron chi connectivity index (χ3n) is 5.46. The maximum atomic E-state index is 12.8. The highest BCUT2D eigenvalue weighted by molar-refractivity contribution is 5.97. The molecule has 2 aromatic rings. The molecule has 2 aliphatic rings. The van der Waals surface area contributed by atoms with Gasteiger partial charge in [-0.15, -0.1) is 0 Å². The van der Waals surface area contributed by atoms with Crippen LogP contribution in [0.4, 0.5) is 0 Å². The van der Waals surface area contributed by atoms with Gasteiger partial charge in [-0.05, 0) is 54.8 Å². The maximum absolute atomic E-state index is 12.8. The van der Waals surface area contributed by atoms with Gasteiger partial charge in [0, 0.05) is 17.6 Å². The minimum absolute atomic E-state index is 0.00110. The van der Waals surface area contributed by atoms with Crippen molar-refractivity contribution in [2.75, 3.05) is 21.0 Å². The van der Waals surface area contributed by atoms with E-state index < -0.39 is 11.8 Å². The molecular formula is C24H24O7. The third-order valence-corrected chi connectivity index (χ3v) is 5.46. The van der Waals surface area contributed by atoms with Crippen LogP contribution in [0.3, 0.4) is 0 Å². The minimum atomic E-state index is -1.95. The summed E-state index contributed by atoms with van der Waals surface area (Å²) >= 11 is 0. The van der Waals surface area contributed by atoms with E-state index in [1.807, 2.05) is 26.0 Å². The zero-order valence-corrected chi connectivity index (χ0v) is 17.9. The van der Waals surface area contributed by atoms with Crippen LogP contribution in [-0.2, 0) is 31.2 Å². The molecule has 162 valence electrons. The summed E-state index contributed by atoms with van der Waals surface area (Å²) < 4.78 is 26.8. The van der Waals surface area contributed by atoms with E-state index >= 15 is 0 Å². The fraction of sp³-hybridized carbons (Fsp3) is 0.292. The van der Waals surface area contributed by atoms with Gasteiger partial charge in [-0.2, -0.15) is 0 Å². The second kappa shape index (κ2) is 8.00. The summed E-state index contributed by atoms with van der Waals surface area (Å²) in [6.45, 7) is 3.90. The van der Waals surface area contributed by atoms with Gasteiger partial charge >= 0.3 is 5.97 Å². The van der Waals surface area contributed by atoms with Gasteiger partial charge in [0.25, 0.3) is 5.79 Å². The Morgan fingerprint density at radius 2 is 1.74 bits per heavy atom.